The van der Waals surface area contributed by atoms with Gasteiger partial charge in [0.05, 0.1) is 11.9 Å². The topological polar surface area (TPSA) is 81.9 Å². The van der Waals surface area contributed by atoms with Crippen LogP contribution < -0.4 is 10.1 Å². The molecule has 0 radical (unpaired) electrons. The van der Waals surface area contributed by atoms with E-state index in [9.17, 15) is 4.79 Å². The quantitative estimate of drug-likeness (QED) is 0.609. The molecule has 3 aromatic rings. The molecule has 8 heteroatoms. The summed E-state index contributed by atoms with van der Waals surface area (Å²) in [6, 6.07) is 13.0. The Kier molecular flexibility index (Phi) is 5.99. The number of carbonyl (C=O) groups is 1. The van der Waals surface area contributed by atoms with Crippen molar-refractivity contribution in [1.29, 1.82) is 0 Å². The highest BCUT2D eigenvalue weighted by molar-refractivity contribution is 8.01. The number of anilines is 1. The predicted octanol–water partition coefficient (Wildman–Crippen LogP) is 3.88. The van der Waals surface area contributed by atoms with Crippen LogP contribution in [0.3, 0.4) is 0 Å². The van der Waals surface area contributed by atoms with Gasteiger partial charge in [-0.05, 0) is 39.0 Å². The molecule has 0 unspecified atom stereocenters. The van der Waals surface area contributed by atoms with Gasteiger partial charge in [-0.25, -0.2) is 0 Å². The lowest BCUT2D eigenvalue weighted by Gasteiger charge is -2.22. The van der Waals surface area contributed by atoms with Gasteiger partial charge in [0.15, 0.2) is 11.0 Å². The fourth-order valence-corrected chi connectivity index (χ4v) is 3.58. The van der Waals surface area contributed by atoms with Crippen molar-refractivity contribution in [2.75, 3.05) is 12.4 Å². The third kappa shape index (κ3) is 4.33. The highest BCUT2D eigenvalue weighted by atomic mass is 32.2. The van der Waals surface area contributed by atoms with E-state index in [1.165, 1.54) is 11.8 Å². The second-order valence-corrected chi connectivity index (χ2v) is 8.15. The van der Waals surface area contributed by atoms with Crippen molar-refractivity contribution in [3.8, 4) is 17.3 Å². The van der Waals surface area contributed by atoms with E-state index in [2.05, 4.69) is 20.5 Å². The van der Waals surface area contributed by atoms with Crippen LogP contribution in [0, 0.1) is 0 Å². The van der Waals surface area contributed by atoms with E-state index in [4.69, 9.17) is 4.74 Å². The number of pyridine rings is 1. The van der Waals surface area contributed by atoms with Crippen LogP contribution in [-0.2, 0) is 11.3 Å². The number of carbonyl (C=O) groups excluding carboxylic acids is 1. The Balaban J connectivity index is 1.83. The molecule has 0 fully saturated rings. The summed E-state index contributed by atoms with van der Waals surface area (Å²) in [7, 11) is 1.61. The SMILES string of the molecule is CCn1c(SC(C)(C)C(=O)Nc2ccccc2)nnc1-c1cc(OC)ccn1. The number of aromatic nitrogens is 4. The molecule has 2 aromatic heterocycles. The summed E-state index contributed by atoms with van der Waals surface area (Å²) < 4.78 is 6.48. The smallest absolute Gasteiger partial charge is 0.240 e. The molecule has 0 saturated heterocycles. The molecule has 0 saturated carbocycles. The summed E-state index contributed by atoms with van der Waals surface area (Å²) in [6.45, 7) is 6.40. The Bertz CT molecular complexity index is 956. The van der Waals surface area contributed by atoms with Gasteiger partial charge >= 0.3 is 0 Å². The summed E-state index contributed by atoms with van der Waals surface area (Å²) in [4.78, 5) is 17.2. The highest BCUT2D eigenvalue weighted by Crippen LogP contribution is 2.34. The van der Waals surface area contributed by atoms with Gasteiger partial charge in [-0.2, -0.15) is 0 Å². The maximum atomic E-state index is 12.8. The lowest BCUT2D eigenvalue weighted by molar-refractivity contribution is -0.117. The zero-order chi connectivity index (χ0) is 20.1. The Morgan fingerprint density at radius 3 is 2.64 bits per heavy atom. The molecular formula is C20H23N5O2S. The second-order valence-electron chi connectivity index (χ2n) is 6.56. The molecule has 0 atom stereocenters. The minimum Gasteiger partial charge on any atom is -0.497 e. The first-order valence-electron chi connectivity index (χ1n) is 8.93. The fraction of sp³-hybridized carbons (Fsp3) is 0.300. The molecule has 1 N–H and O–H groups in total. The van der Waals surface area contributed by atoms with E-state index in [0.29, 0.717) is 29.0 Å². The van der Waals surface area contributed by atoms with Crippen LogP contribution in [0.2, 0.25) is 0 Å². The summed E-state index contributed by atoms with van der Waals surface area (Å²) in [5, 5.41) is 12.2. The minimum atomic E-state index is -0.741. The fourth-order valence-electron chi connectivity index (χ4n) is 2.58. The van der Waals surface area contributed by atoms with Crippen LogP contribution in [0.25, 0.3) is 11.5 Å². The average Bonchev–Trinajstić information content (AvgIpc) is 3.10. The molecule has 0 aliphatic heterocycles. The third-order valence-corrected chi connectivity index (χ3v) is 5.33. The Labute approximate surface area is 168 Å². The number of methoxy groups -OCH3 is 1. The first-order valence-corrected chi connectivity index (χ1v) is 9.75. The Morgan fingerprint density at radius 1 is 1.21 bits per heavy atom. The summed E-state index contributed by atoms with van der Waals surface area (Å²) in [5.41, 5.74) is 1.44. The van der Waals surface area contributed by atoms with Gasteiger partial charge in [0, 0.05) is 24.5 Å². The Hall–Kier alpha value is -2.87. The van der Waals surface area contributed by atoms with Crippen LogP contribution in [0.15, 0.2) is 53.8 Å². The molecule has 1 amide bonds. The van der Waals surface area contributed by atoms with E-state index in [1.54, 1.807) is 19.4 Å². The number of ether oxygens (including phenoxy) is 1. The molecule has 0 aliphatic carbocycles. The number of benzene rings is 1. The van der Waals surface area contributed by atoms with E-state index in [-0.39, 0.29) is 5.91 Å². The Morgan fingerprint density at radius 2 is 1.96 bits per heavy atom. The zero-order valence-corrected chi connectivity index (χ0v) is 17.2. The molecule has 1 aromatic carbocycles. The van der Waals surface area contributed by atoms with Crippen LogP contribution >= 0.6 is 11.8 Å². The molecule has 2 heterocycles. The van der Waals surface area contributed by atoms with Crippen LogP contribution in [0.4, 0.5) is 5.69 Å². The monoisotopic (exact) mass is 397 g/mol. The van der Waals surface area contributed by atoms with Crippen molar-refractivity contribution in [3.05, 3.63) is 48.7 Å². The van der Waals surface area contributed by atoms with E-state index >= 15 is 0 Å². The molecule has 7 nitrogen and oxygen atoms in total. The lowest BCUT2D eigenvalue weighted by Crippen LogP contribution is -2.34. The molecular weight excluding hydrogens is 374 g/mol. The van der Waals surface area contributed by atoms with Gasteiger partial charge in [0.2, 0.25) is 5.91 Å². The number of hydrogen-bond acceptors (Lipinski definition) is 6. The number of nitrogens with one attached hydrogen (secondary N) is 1. The number of thioether (sulfide) groups is 1. The predicted molar refractivity (Wildman–Crippen MR) is 110 cm³/mol. The summed E-state index contributed by atoms with van der Waals surface area (Å²) in [6.07, 6.45) is 1.67. The largest absolute Gasteiger partial charge is 0.497 e. The molecule has 0 bridgehead atoms. The van der Waals surface area contributed by atoms with Crippen molar-refractivity contribution in [2.24, 2.45) is 0 Å². The molecule has 0 aliphatic rings. The van der Waals surface area contributed by atoms with Gasteiger partial charge in [0.25, 0.3) is 0 Å². The second kappa shape index (κ2) is 8.43. The average molecular weight is 398 g/mol. The highest BCUT2D eigenvalue weighted by Gasteiger charge is 2.32. The van der Waals surface area contributed by atoms with Crippen molar-refractivity contribution >= 4 is 23.4 Å². The van der Waals surface area contributed by atoms with Crippen LogP contribution in [-0.4, -0.2) is 37.5 Å². The molecule has 0 spiro atoms. The maximum absolute atomic E-state index is 12.8. The molecule has 28 heavy (non-hydrogen) atoms. The zero-order valence-electron chi connectivity index (χ0n) is 16.3. The third-order valence-electron chi connectivity index (χ3n) is 4.15. The normalized spacial score (nSPS) is 11.3. The first-order chi connectivity index (χ1) is 13.4. The van der Waals surface area contributed by atoms with Crippen molar-refractivity contribution in [3.63, 3.8) is 0 Å². The van der Waals surface area contributed by atoms with Crippen molar-refractivity contribution in [2.45, 2.75) is 37.2 Å². The standard InChI is InChI=1S/C20H23N5O2S/c1-5-25-17(16-13-15(27-4)11-12-21-16)23-24-19(25)28-20(2,3)18(26)22-14-9-7-6-8-10-14/h6-13H,5H2,1-4H3,(H,22,26). The summed E-state index contributed by atoms with van der Waals surface area (Å²) >= 11 is 1.37. The van der Waals surface area contributed by atoms with Gasteiger partial charge in [0.1, 0.15) is 11.4 Å². The first kappa shape index (κ1) is 19.9. The van der Waals surface area contributed by atoms with Crippen molar-refractivity contribution in [1.82, 2.24) is 19.7 Å². The van der Waals surface area contributed by atoms with E-state index < -0.39 is 4.75 Å². The number of amides is 1. The van der Waals surface area contributed by atoms with E-state index in [1.807, 2.05) is 61.7 Å². The van der Waals surface area contributed by atoms with Gasteiger partial charge in [-0.1, -0.05) is 30.0 Å². The van der Waals surface area contributed by atoms with Gasteiger partial charge < -0.3 is 14.6 Å². The van der Waals surface area contributed by atoms with E-state index in [0.717, 1.165) is 5.69 Å². The van der Waals surface area contributed by atoms with Crippen LogP contribution in [0.1, 0.15) is 20.8 Å². The molecule has 146 valence electrons. The lowest BCUT2D eigenvalue weighted by atomic mass is 10.2. The molecule has 3 rings (SSSR count). The number of hydrogen-bond donors (Lipinski definition) is 1. The van der Waals surface area contributed by atoms with Crippen molar-refractivity contribution < 1.29 is 9.53 Å². The maximum Gasteiger partial charge on any atom is 0.240 e. The number of para-hydroxylation sites is 1. The van der Waals surface area contributed by atoms with Gasteiger partial charge in [-0.15, -0.1) is 10.2 Å². The van der Waals surface area contributed by atoms with Crippen LogP contribution in [0.5, 0.6) is 5.75 Å². The summed E-state index contributed by atoms with van der Waals surface area (Å²) in [5.74, 6) is 1.24. The minimum absolute atomic E-state index is 0.101. The van der Waals surface area contributed by atoms with Gasteiger partial charge in [-0.3, -0.25) is 9.78 Å². The number of rotatable bonds is 7. The number of nitrogens with zero attached hydrogens (tertiary/aromatic N) is 4.